The maximum atomic E-state index is 12.0. The summed E-state index contributed by atoms with van der Waals surface area (Å²) < 4.78 is 23.6. The molecule has 4 atom stereocenters. The first-order chi connectivity index (χ1) is 12.5. The monoisotopic (exact) mass is 390 g/mol. The van der Waals surface area contributed by atoms with Gasteiger partial charge in [0.1, 0.15) is 12.2 Å². The normalized spacial score (nSPS) is 25.9. The maximum Gasteiger partial charge on any atom is 0.330 e. The largest absolute Gasteiger partial charge is 0.388 e. The molecule has 148 valence electrons. The van der Waals surface area contributed by atoms with Gasteiger partial charge in [-0.25, -0.2) is 4.79 Å². The lowest BCUT2D eigenvalue weighted by Crippen LogP contribution is -2.38. The number of aliphatic hydroxyl groups is 1. The first-order valence-corrected chi connectivity index (χ1v) is 10.1. The van der Waals surface area contributed by atoms with Crippen molar-refractivity contribution in [1.82, 2.24) is 9.55 Å². The van der Waals surface area contributed by atoms with Gasteiger partial charge in [0.25, 0.3) is 5.56 Å². The summed E-state index contributed by atoms with van der Waals surface area (Å²) in [4.78, 5) is 25.4. The zero-order valence-corrected chi connectivity index (χ0v) is 16.2. The van der Waals surface area contributed by atoms with E-state index in [0.717, 1.165) is 12.6 Å². The third-order valence-corrected chi connectivity index (χ3v) is 5.86. The lowest BCUT2D eigenvalue weighted by Gasteiger charge is -2.20. The standard InChI is InChI=1S/C16H27N2O7P/c1-4-23-26(24-5-2)10-6-7-11-13(20)14(22-3)15(25-11)18-9-8-12(19)17-16(18)21/h8-9,11,13-15,20H,4-7,10H2,1-3H3,(H,17,19,21). The van der Waals surface area contributed by atoms with Crippen LogP contribution in [-0.4, -0.2) is 59.5 Å². The number of methoxy groups -OCH3 is 1. The van der Waals surface area contributed by atoms with Crippen LogP contribution in [0.15, 0.2) is 21.9 Å². The predicted molar refractivity (Wildman–Crippen MR) is 96.3 cm³/mol. The molecule has 0 saturated carbocycles. The number of ether oxygens (including phenoxy) is 2. The van der Waals surface area contributed by atoms with E-state index in [9.17, 15) is 14.7 Å². The van der Waals surface area contributed by atoms with E-state index in [4.69, 9.17) is 18.5 Å². The smallest absolute Gasteiger partial charge is 0.330 e. The number of nitrogens with one attached hydrogen (secondary N) is 1. The zero-order chi connectivity index (χ0) is 19.1. The number of H-pyrrole nitrogens is 1. The highest BCUT2D eigenvalue weighted by atomic mass is 31.2. The van der Waals surface area contributed by atoms with Gasteiger partial charge in [0.05, 0.1) is 19.3 Å². The van der Waals surface area contributed by atoms with Gasteiger partial charge >= 0.3 is 5.69 Å². The average molecular weight is 390 g/mol. The predicted octanol–water partition coefficient (Wildman–Crippen LogP) is 0.975. The molecular formula is C16H27N2O7P. The fourth-order valence-electron chi connectivity index (χ4n) is 2.94. The van der Waals surface area contributed by atoms with Crippen LogP contribution in [0.25, 0.3) is 0 Å². The van der Waals surface area contributed by atoms with Crippen LogP contribution in [0.5, 0.6) is 0 Å². The molecule has 0 aromatic carbocycles. The SMILES string of the molecule is CCOP(CCCC1OC(n2ccc(=O)[nH]c2=O)C(OC)C1O)OCC. The Morgan fingerprint density at radius 1 is 1.31 bits per heavy atom. The van der Waals surface area contributed by atoms with Gasteiger partial charge in [-0.05, 0) is 26.7 Å². The van der Waals surface area contributed by atoms with Crippen LogP contribution in [0, 0.1) is 0 Å². The van der Waals surface area contributed by atoms with E-state index < -0.39 is 44.2 Å². The van der Waals surface area contributed by atoms with Crippen molar-refractivity contribution in [3.05, 3.63) is 33.1 Å². The fraction of sp³-hybridized carbons (Fsp3) is 0.750. The van der Waals surface area contributed by atoms with Crippen LogP contribution in [-0.2, 0) is 18.5 Å². The first kappa shape index (κ1) is 21.2. The van der Waals surface area contributed by atoms with Crippen LogP contribution >= 0.6 is 8.38 Å². The lowest BCUT2D eigenvalue weighted by atomic mass is 10.1. The van der Waals surface area contributed by atoms with Crippen LogP contribution < -0.4 is 11.2 Å². The molecule has 2 rings (SSSR count). The Hall–Kier alpha value is -1.09. The molecule has 26 heavy (non-hydrogen) atoms. The van der Waals surface area contributed by atoms with Gasteiger partial charge in [-0.15, -0.1) is 0 Å². The summed E-state index contributed by atoms with van der Waals surface area (Å²) in [5.74, 6) is 0. The number of nitrogens with zero attached hydrogens (tertiary/aromatic N) is 1. The molecule has 1 fully saturated rings. The molecule has 1 aromatic heterocycles. The van der Waals surface area contributed by atoms with Gasteiger partial charge in [-0.1, -0.05) is 0 Å². The van der Waals surface area contributed by atoms with Crippen LogP contribution in [0.1, 0.15) is 32.9 Å². The molecule has 1 saturated heterocycles. The molecule has 0 bridgehead atoms. The van der Waals surface area contributed by atoms with Gasteiger partial charge in [-0.2, -0.15) is 0 Å². The fourth-order valence-corrected chi connectivity index (χ4v) is 4.29. The molecule has 1 aliphatic rings. The third-order valence-electron chi connectivity index (χ3n) is 4.09. The number of rotatable bonds is 10. The minimum atomic E-state index is -0.937. The number of aliphatic hydroxyl groups excluding tert-OH is 1. The van der Waals surface area contributed by atoms with E-state index in [1.54, 1.807) is 0 Å². The van der Waals surface area contributed by atoms with E-state index in [1.807, 2.05) is 13.8 Å². The third kappa shape index (κ3) is 5.22. The Kier molecular flexibility index (Phi) is 8.40. The Morgan fingerprint density at radius 3 is 2.58 bits per heavy atom. The molecule has 0 radical (unpaired) electrons. The molecule has 0 spiro atoms. The second kappa shape index (κ2) is 10.3. The molecular weight excluding hydrogens is 363 g/mol. The molecule has 1 aromatic rings. The highest BCUT2D eigenvalue weighted by Crippen LogP contribution is 2.40. The highest BCUT2D eigenvalue weighted by Gasteiger charge is 2.45. The summed E-state index contributed by atoms with van der Waals surface area (Å²) in [6.07, 6.45) is 0.541. The quantitative estimate of drug-likeness (QED) is 0.573. The van der Waals surface area contributed by atoms with Crippen LogP contribution in [0.4, 0.5) is 0 Å². The summed E-state index contributed by atoms with van der Waals surface area (Å²) in [7, 11) is 0.514. The van der Waals surface area contributed by atoms with Gasteiger partial charge in [0.15, 0.2) is 14.6 Å². The highest BCUT2D eigenvalue weighted by molar-refractivity contribution is 7.47. The number of aromatic amines is 1. The van der Waals surface area contributed by atoms with Gasteiger partial charge in [0.2, 0.25) is 0 Å². The topological polar surface area (TPSA) is 112 Å². The average Bonchev–Trinajstić information content (AvgIpc) is 2.91. The van der Waals surface area contributed by atoms with Crippen LogP contribution in [0.3, 0.4) is 0 Å². The summed E-state index contributed by atoms with van der Waals surface area (Å²) >= 11 is 0. The lowest BCUT2D eigenvalue weighted by molar-refractivity contribution is -0.0549. The van der Waals surface area contributed by atoms with Gasteiger partial charge in [0, 0.05) is 25.5 Å². The number of aromatic nitrogens is 2. The number of hydrogen-bond donors (Lipinski definition) is 2. The molecule has 0 amide bonds. The molecule has 10 heteroatoms. The minimum Gasteiger partial charge on any atom is -0.388 e. The summed E-state index contributed by atoms with van der Waals surface area (Å²) in [6, 6.07) is 1.23. The first-order valence-electron chi connectivity index (χ1n) is 8.73. The minimum absolute atomic E-state index is 0.483. The summed E-state index contributed by atoms with van der Waals surface area (Å²) in [5, 5.41) is 10.5. The molecule has 2 heterocycles. The van der Waals surface area contributed by atoms with Gasteiger partial charge in [-0.3, -0.25) is 14.3 Å². The van der Waals surface area contributed by atoms with Crippen LogP contribution in [0.2, 0.25) is 0 Å². The van der Waals surface area contributed by atoms with Crippen molar-refractivity contribution in [3.8, 4) is 0 Å². The van der Waals surface area contributed by atoms with Gasteiger partial charge < -0.3 is 23.6 Å². The zero-order valence-electron chi connectivity index (χ0n) is 15.3. The Balaban J connectivity index is 2.00. The molecule has 0 aliphatic carbocycles. The van der Waals surface area contributed by atoms with Crippen molar-refractivity contribution in [3.63, 3.8) is 0 Å². The van der Waals surface area contributed by atoms with Crippen molar-refractivity contribution in [2.24, 2.45) is 0 Å². The Bertz CT molecular complexity index is 658. The van der Waals surface area contributed by atoms with Crippen molar-refractivity contribution in [2.75, 3.05) is 26.5 Å². The van der Waals surface area contributed by atoms with Crippen molar-refractivity contribution in [2.45, 2.75) is 51.2 Å². The maximum absolute atomic E-state index is 12.0. The Morgan fingerprint density at radius 2 is 2.00 bits per heavy atom. The molecule has 9 nitrogen and oxygen atoms in total. The molecule has 1 aliphatic heterocycles. The summed E-state index contributed by atoms with van der Waals surface area (Å²) in [5.41, 5.74) is -1.09. The molecule has 2 N–H and O–H groups in total. The summed E-state index contributed by atoms with van der Waals surface area (Å²) in [6.45, 7) is 5.04. The van der Waals surface area contributed by atoms with E-state index in [-0.39, 0.29) is 0 Å². The second-order valence-corrected chi connectivity index (χ2v) is 7.44. The van der Waals surface area contributed by atoms with E-state index in [2.05, 4.69) is 4.98 Å². The second-order valence-electron chi connectivity index (χ2n) is 5.81. The van der Waals surface area contributed by atoms with Crippen molar-refractivity contribution >= 4 is 8.38 Å². The van der Waals surface area contributed by atoms with E-state index in [1.165, 1.54) is 23.9 Å². The number of hydrogen-bond acceptors (Lipinski definition) is 7. The van der Waals surface area contributed by atoms with E-state index >= 15 is 0 Å². The van der Waals surface area contributed by atoms with Crippen molar-refractivity contribution < 1.29 is 23.6 Å². The molecule has 4 unspecified atom stereocenters. The van der Waals surface area contributed by atoms with Crippen molar-refractivity contribution in [1.29, 1.82) is 0 Å². The Labute approximate surface area is 153 Å². The van der Waals surface area contributed by atoms with E-state index in [0.29, 0.717) is 19.6 Å².